The number of anilines is 1. The van der Waals surface area contributed by atoms with Gasteiger partial charge in [0, 0.05) is 25.2 Å². The molecule has 6 heteroatoms. The molecule has 0 radical (unpaired) electrons. The van der Waals surface area contributed by atoms with E-state index in [0.717, 1.165) is 16.8 Å². The van der Waals surface area contributed by atoms with Gasteiger partial charge in [-0.15, -0.1) is 0 Å². The Labute approximate surface area is 135 Å². The van der Waals surface area contributed by atoms with Crippen molar-refractivity contribution in [3.63, 3.8) is 0 Å². The molecule has 1 atom stereocenters. The summed E-state index contributed by atoms with van der Waals surface area (Å²) >= 11 is 0. The maximum Gasteiger partial charge on any atom is 0.323 e. The fraction of sp³-hybridized carbons (Fsp3) is 0.471. The number of likely N-dealkylation sites (N-methyl/N-ethyl adjacent to an activating group) is 1. The Morgan fingerprint density at radius 3 is 2.65 bits per heavy atom. The fourth-order valence-corrected chi connectivity index (χ4v) is 2.90. The van der Waals surface area contributed by atoms with Gasteiger partial charge in [-0.05, 0) is 38.0 Å². The van der Waals surface area contributed by atoms with Crippen molar-refractivity contribution in [2.75, 3.05) is 24.5 Å². The number of carboxylic acid groups (broad SMARTS) is 1. The third-order valence-electron chi connectivity index (χ3n) is 4.36. The van der Waals surface area contributed by atoms with Gasteiger partial charge in [0.25, 0.3) is 0 Å². The van der Waals surface area contributed by atoms with Gasteiger partial charge in [0.1, 0.15) is 6.54 Å². The number of carbonyl (C=O) groups is 3. The molecular formula is C17H22N2O4. The number of carboxylic acids is 1. The number of hydrogen-bond acceptors (Lipinski definition) is 3. The molecule has 1 aromatic rings. The Kier molecular flexibility index (Phi) is 5.03. The van der Waals surface area contributed by atoms with Crippen LogP contribution in [0.15, 0.2) is 18.2 Å². The first-order chi connectivity index (χ1) is 10.8. The number of aliphatic carboxylic acids is 1. The number of rotatable bonds is 5. The summed E-state index contributed by atoms with van der Waals surface area (Å²) in [5.74, 6) is -1.89. The largest absolute Gasteiger partial charge is 0.480 e. The molecule has 0 aliphatic carbocycles. The Balaban J connectivity index is 2.17. The highest BCUT2D eigenvalue weighted by Gasteiger charge is 2.37. The summed E-state index contributed by atoms with van der Waals surface area (Å²) in [5.41, 5.74) is 2.93. The molecule has 2 amide bonds. The molecule has 0 saturated carbocycles. The van der Waals surface area contributed by atoms with Gasteiger partial charge in [-0.2, -0.15) is 0 Å². The molecule has 23 heavy (non-hydrogen) atoms. The first kappa shape index (κ1) is 17.0. The first-order valence-electron chi connectivity index (χ1n) is 7.72. The summed E-state index contributed by atoms with van der Waals surface area (Å²) in [6.07, 6.45) is 0.127. The highest BCUT2D eigenvalue weighted by atomic mass is 16.4. The molecule has 0 bridgehead atoms. The molecule has 0 aromatic heterocycles. The smallest absolute Gasteiger partial charge is 0.323 e. The maximum atomic E-state index is 12.5. The van der Waals surface area contributed by atoms with E-state index in [1.54, 1.807) is 11.8 Å². The normalized spacial score (nSPS) is 17.4. The third-order valence-corrected chi connectivity index (χ3v) is 4.36. The number of benzene rings is 1. The Morgan fingerprint density at radius 1 is 1.35 bits per heavy atom. The number of nitrogens with zero attached hydrogens (tertiary/aromatic N) is 2. The van der Waals surface area contributed by atoms with Crippen LogP contribution in [0.2, 0.25) is 0 Å². The van der Waals surface area contributed by atoms with Gasteiger partial charge < -0.3 is 14.9 Å². The molecule has 1 aliphatic rings. The van der Waals surface area contributed by atoms with Crippen LogP contribution in [0.1, 0.15) is 24.5 Å². The van der Waals surface area contributed by atoms with E-state index >= 15 is 0 Å². The molecule has 1 N–H and O–H groups in total. The highest BCUT2D eigenvalue weighted by Crippen LogP contribution is 2.30. The second kappa shape index (κ2) is 6.81. The first-order valence-corrected chi connectivity index (χ1v) is 7.72. The summed E-state index contributed by atoms with van der Waals surface area (Å²) in [7, 11) is 0. The lowest BCUT2D eigenvalue weighted by Crippen LogP contribution is -2.40. The zero-order valence-corrected chi connectivity index (χ0v) is 13.7. The molecule has 1 heterocycles. The molecule has 2 rings (SSSR count). The summed E-state index contributed by atoms with van der Waals surface area (Å²) in [6.45, 7) is 5.96. The van der Waals surface area contributed by atoms with E-state index < -0.39 is 11.9 Å². The molecular weight excluding hydrogens is 296 g/mol. The van der Waals surface area contributed by atoms with E-state index in [1.807, 2.05) is 32.0 Å². The van der Waals surface area contributed by atoms with E-state index in [4.69, 9.17) is 5.11 Å². The summed E-state index contributed by atoms with van der Waals surface area (Å²) in [5, 5.41) is 8.88. The average Bonchev–Trinajstić information content (AvgIpc) is 2.88. The maximum absolute atomic E-state index is 12.5. The van der Waals surface area contributed by atoms with E-state index in [1.165, 1.54) is 4.90 Å². The van der Waals surface area contributed by atoms with Gasteiger partial charge >= 0.3 is 5.97 Å². The zero-order valence-electron chi connectivity index (χ0n) is 13.7. The minimum Gasteiger partial charge on any atom is -0.480 e. The molecule has 1 saturated heterocycles. The van der Waals surface area contributed by atoms with E-state index in [9.17, 15) is 14.4 Å². The standard InChI is InChI=1S/C17H22N2O4/c1-4-18(10-16(21)22)17(23)13-8-15(20)19(9-13)14-7-5-6-11(2)12(14)3/h5-7,13H,4,8-10H2,1-3H3,(H,21,22). The molecule has 1 fully saturated rings. The van der Waals surface area contributed by atoms with E-state index in [0.29, 0.717) is 13.1 Å². The van der Waals surface area contributed by atoms with Gasteiger partial charge in [0.15, 0.2) is 0 Å². The van der Waals surface area contributed by atoms with Gasteiger partial charge in [-0.1, -0.05) is 12.1 Å². The Hall–Kier alpha value is -2.37. The lowest BCUT2D eigenvalue weighted by Gasteiger charge is -2.23. The van der Waals surface area contributed by atoms with Crippen LogP contribution in [-0.4, -0.2) is 47.4 Å². The number of carbonyl (C=O) groups excluding carboxylic acids is 2. The molecule has 1 aromatic carbocycles. The SMILES string of the molecule is CCN(CC(=O)O)C(=O)C1CC(=O)N(c2cccc(C)c2C)C1. The average molecular weight is 318 g/mol. The van der Waals surface area contributed by atoms with E-state index in [2.05, 4.69) is 0 Å². The predicted molar refractivity (Wildman–Crippen MR) is 86.3 cm³/mol. The third kappa shape index (κ3) is 3.52. The summed E-state index contributed by atoms with van der Waals surface area (Å²) in [6, 6.07) is 5.75. The monoisotopic (exact) mass is 318 g/mol. The van der Waals surface area contributed by atoms with Crippen LogP contribution in [0.3, 0.4) is 0 Å². The zero-order chi connectivity index (χ0) is 17.1. The highest BCUT2D eigenvalue weighted by molar-refractivity contribution is 6.01. The summed E-state index contributed by atoms with van der Waals surface area (Å²) < 4.78 is 0. The van der Waals surface area contributed by atoms with Crippen molar-refractivity contribution >= 4 is 23.5 Å². The number of amides is 2. The number of hydrogen-bond donors (Lipinski definition) is 1. The second-order valence-corrected chi connectivity index (χ2v) is 5.87. The van der Waals surface area contributed by atoms with Crippen LogP contribution in [0.5, 0.6) is 0 Å². The lowest BCUT2D eigenvalue weighted by molar-refractivity contribution is -0.146. The van der Waals surface area contributed by atoms with Crippen LogP contribution in [0, 0.1) is 19.8 Å². The molecule has 0 spiro atoms. The van der Waals surface area contributed by atoms with Crippen molar-refractivity contribution in [2.24, 2.45) is 5.92 Å². The van der Waals surface area contributed by atoms with Crippen molar-refractivity contribution < 1.29 is 19.5 Å². The van der Waals surface area contributed by atoms with Crippen molar-refractivity contribution in [2.45, 2.75) is 27.2 Å². The second-order valence-electron chi connectivity index (χ2n) is 5.87. The Bertz CT molecular complexity index is 641. The molecule has 124 valence electrons. The van der Waals surface area contributed by atoms with Crippen LogP contribution >= 0.6 is 0 Å². The van der Waals surface area contributed by atoms with Crippen molar-refractivity contribution in [3.05, 3.63) is 29.3 Å². The van der Waals surface area contributed by atoms with Gasteiger partial charge in [-0.25, -0.2) is 0 Å². The van der Waals surface area contributed by atoms with Crippen LogP contribution < -0.4 is 4.90 Å². The number of aryl methyl sites for hydroxylation is 1. The molecule has 1 unspecified atom stereocenters. The van der Waals surface area contributed by atoms with Crippen molar-refractivity contribution in [3.8, 4) is 0 Å². The van der Waals surface area contributed by atoms with Gasteiger partial charge in [0.2, 0.25) is 11.8 Å². The Morgan fingerprint density at radius 2 is 2.04 bits per heavy atom. The van der Waals surface area contributed by atoms with E-state index in [-0.39, 0.29) is 24.8 Å². The van der Waals surface area contributed by atoms with Crippen LogP contribution in [0.25, 0.3) is 0 Å². The van der Waals surface area contributed by atoms with Crippen LogP contribution in [-0.2, 0) is 14.4 Å². The molecule has 1 aliphatic heterocycles. The van der Waals surface area contributed by atoms with Crippen molar-refractivity contribution in [1.29, 1.82) is 0 Å². The van der Waals surface area contributed by atoms with Crippen molar-refractivity contribution in [1.82, 2.24) is 4.90 Å². The minimum atomic E-state index is -1.05. The van der Waals surface area contributed by atoms with Gasteiger partial charge in [0.05, 0.1) is 5.92 Å². The quantitative estimate of drug-likeness (QED) is 0.894. The predicted octanol–water partition coefficient (Wildman–Crippen LogP) is 1.59. The topological polar surface area (TPSA) is 77.9 Å². The molecule has 6 nitrogen and oxygen atoms in total. The fourth-order valence-electron chi connectivity index (χ4n) is 2.90. The lowest BCUT2D eigenvalue weighted by atomic mass is 10.1. The van der Waals surface area contributed by atoms with Gasteiger partial charge in [-0.3, -0.25) is 14.4 Å². The minimum absolute atomic E-state index is 0.0940. The van der Waals surface area contributed by atoms with Crippen LogP contribution in [0.4, 0.5) is 5.69 Å². The summed E-state index contributed by atoms with van der Waals surface area (Å²) in [4.78, 5) is 38.6.